The van der Waals surface area contributed by atoms with E-state index in [-0.39, 0.29) is 11.5 Å². The summed E-state index contributed by atoms with van der Waals surface area (Å²) in [5.74, 6) is -4.71. The van der Waals surface area contributed by atoms with Crippen molar-refractivity contribution in [3.05, 3.63) is 52.9 Å². The lowest BCUT2D eigenvalue weighted by atomic mass is 10.2. The first-order chi connectivity index (χ1) is 9.41. The van der Waals surface area contributed by atoms with Gasteiger partial charge in [0.1, 0.15) is 17.3 Å². The Morgan fingerprint density at radius 1 is 1.35 bits per heavy atom. The zero-order valence-electron chi connectivity index (χ0n) is 10.3. The SMILES string of the molecule is Cc1ncc(C(=O)[O-])n1NCc1c(F)ccc(F)c1F. The van der Waals surface area contributed by atoms with Crippen LogP contribution in [0.1, 0.15) is 21.9 Å². The highest BCUT2D eigenvalue weighted by atomic mass is 19.2. The Morgan fingerprint density at radius 3 is 2.65 bits per heavy atom. The van der Waals surface area contributed by atoms with E-state index in [2.05, 4.69) is 10.4 Å². The van der Waals surface area contributed by atoms with Gasteiger partial charge >= 0.3 is 0 Å². The topological polar surface area (TPSA) is 70.0 Å². The van der Waals surface area contributed by atoms with E-state index in [1.807, 2.05) is 0 Å². The lowest BCUT2D eigenvalue weighted by Crippen LogP contribution is -2.29. The molecule has 8 heteroatoms. The van der Waals surface area contributed by atoms with Crippen LogP contribution in [0, 0.1) is 24.4 Å². The number of nitrogens with one attached hydrogen (secondary N) is 1. The average molecular weight is 284 g/mol. The molecule has 0 aliphatic rings. The molecule has 0 bridgehead atoms. The molecular formula is C12H9F3N3O2-. The Morgan fingerprint density at radius 2 is 2.00 bits per heavy atom. The Hall–Kier alpha value is -2.51. The molecule has 0 aliphatic carbocycles. The Labute approximate surface area is 111 Å². The summed E-state index contributed by atoms with van der Waals surface area (Å²) in [6.45, 7) is 1.03. The minimum atomic E-state index is -1.50. The molecule has 1 aromatic carbocycles. The molecule has 0 radical (unpaired) electrons. The van der Waals surface area contributed by atoms with Gasteiger partial charge in [0.25, 0.3) is 0 Å². The van der Waals surface area contributed by atoms with Crippen LogP contribution in [0.15, 0.2) is 18.3 Å². The van der Waals surface area contributed by atoms with E-state index in [0.29, 0.717) is 6.07 Å². The second-order valence-corrected chi connectivity index (χ2v) is 3.97. The fourth-order valence-corrected chi connectivity index (χ4v) is 1.68. The van der Waals surface area contributed by atoms with Crippen LogP contribution >= 0.6 is 0 Å². The number of imidazole rings is 1. The highest BCUT2D eigenvalue weighted by molar-refractivity contribution is 5.83. The van der Waals surface area contributed by atoms with Gasteiger partial charge in [0.15, 0.2) is 11.6 Å². The summed E-state index contributed by atoms with van der Waals surface area (Å²) in [4.78, 5) is 14.5. The zero-order valence-corrected chi connectivity index (χ0v) is 10.3. The van der Waals surface area contributed by atoms with E-state index in [0.717, 1.165) is 16.9 Å². The van der Waals surface area contributed by atoms with Gasteiger partial charge in [-0.1, -0.05) is 0 Å². The van der Waals surface area contributed by atoms with Crippen molar-refractivity contribution in [3.63, 3.8) is 0 Å². The van der Waals surface area contributed by atoms with Crippen molar-refractivity contribution in [1.82, 2.24) is 9.66 Å². The number of hydrogen-bond donors (Lipinski definition) is 1. The van der Waals surface area contributed by atoms with Crippen LogP contribution in [0.2, 0.25) is 0 Å². The summed E-state index contributed by atoms with van der Waals surface area (Å²) in [5.41, 5.74) is 1.61. The Bertz CT molecular complexity index is 670. The lowest BCUT2D eigenvalue weighted by molar-refractivity contribution is -0.255. The summed E-state index contributed by atoms with van der Waals surface area (Å²) < 4.78 is 40.9. The molecule has 1 N–H and O–H groups in total. The average Bonchev–Trinajstić information content (AvgIpc) is 2.76. The molecule has 20 heavy (non-hydrogen) atoms. The van der Waals surface area contributed by atoms with Crippen molar-refractivity contribution < 1.29 is 23.1 Å². The van der Waals surface area contributed by atoms with Gasteiger partial charge in [-0.25, -0.2) is 22.8 Å². The molecule has 0 atom stereocenters. The van der Waals surface area contributed by atoms with Gasteiger partial charge in [-0.2, -0.15) is 0 Å². The molecule has 2 rings (SSSR count). The molecule has 2 aromatic rings. The molecule has 0 aliphatic heterocycles. The number of aryl methyl sites for hydroxylation is 1. The van der Waals surface area contributed by atoms with Gasteiger partial charge in [0.2, 0.25) is 0 Å². The van der Waals surface area contributed by atoms with Crippen LogP contribution in [0.4, 0.5) is 13.2 Å². The predicted molar refractivity (Wildman–Crippen MR) is 60.7 cm³/mol. The van der Waals surface area contributed by atoms with E-state index < -0.39 is 35.5 Å². The predicted octanol–water partition coefficient (Wildman–Crippen LogP) is 0.716. The molecule has 0 unspecified atom stereocenters. The number of benzene rings is 1. The van der Waals surface area contributed by atoms with E-state index in [4.69, 9.17) is 0 Å². The number of aromatic nitrogens is 2. The van der Waals surface area contributed by atoms with Crippen molar-refractivity contribution >= 4 is 5.97 Å². The summed E-state index contributed by atoms with van der Waals surface area (Å²) >= 11 is 0. The summed E-state index contributed by atoms with van der Waals surface area (Å²) in [6.07, 6.45) is 1.04. The van der Waals surface area contributed by atoms with Crippen molar-refractivity contribution in [2.45, 2.75) is 13.5 Å². The fourth-order valence-electron chi connectivity index (χ4n) is 1.68. The number of carbonyl (C=O) groups excluding carboxylic acids is 1. The lowest BCUT2D eigenvalue weighted by Gasteiger charge is -2.14. The molecule has 0 fully saturated rings. The van der Waals surface area contributed by atoms with Gasteiger partial charge in [-0.05, 0) is 19.1 Å². The second kappa shape index (κ2) is 5.24. The van der Waals surface area contributed by atoms with Crippen LogP contribution in [0.25, 0.3) is 0 Å². The van der Waals surface area contributed by atoms with Crippen molar-refractivity contribution in [2.24, 2.45) is 0 Å². The number of carboxylic acids is 1. The van der Waals surface area contributed by atoms with Crippen LogP contribution in [0.3, 0.4) is 0 Å². The third kappa shape index (κ3) is 2.44. The number of rotatable bonds is 4. The first kappa shape index (κ1) is 13.9. The van der Waals surface area contributed by atoms with E-state index in [1.54, 1.807) is 0 Å². The van der Waals surface area contributed by atoms with Crippen LogP contribution in [-0.4, -0.2) is 15.6 Å². The number of aromatic carboxylic acids is 1. The number of hydrogen-bond acceptors (Lipinski definition) is 4. The largest absolute Gasteiger partial charge is 0.543 e. The first-order valence-corrected chi connectivity index (χ1v) is 5.53. The van der Waals surface area contributed by atoms with Crippen LogP contribution < -0.4 is 10.5 Å². The Kier molecular flexibility index (Phi) is 3.64. The molecule has 0 saturated carbocycles. The zero-order chi connectivity index (χ0) is 14.9. The van der Waals surface area contributed by atoms with Crippen molar-refractivity contribution in [3.8, 4) is 0 Å². The fraction of sp³-hybridized carbons (Fsp3) is 0.167. The maximum absolute atomic E-state index is 13.4. The number of carboxylic acid groups (broad SMARTS) is 1. The highest BCUT2D eigenvalue weighted by Gasteiger charge is 2.15. The third-order valence-electron chi connectivity index (χ3n) is 2.70. The first-order valence-electron chi connectivity index (χ1n) is 5.53. The molecule has 0 spiro atoms. The van der Waals surface area contributed by atoms with E-state index in [9.17, 15) is 23.1 Å². The van der Waals surface area contributed by atoms with Gasteiger partial charge in [0.05, 0.1) is 18.7 Å². The minimum absolute atomic E-state index is 0.251. The third-order valence-corrected chi connectivity index (χ3v) is 2.70. The molecule has 1 aromatic heterocycles. The molecule has 106 valence electrons. The molecule has 0 saturated heterocycles. The number of carbonyl (C=O) groups is 1. The summed E-state index contributed by atoms with van der Waals surface area (Å²) in [6, 6.07) is 1.46. The standard InChI is InChI=1S/C12H10F3N3O2/c1-6-16-5-10(12(19)20)18(6)17-4-7-8(13)2-3-9(14)11(7)15/h2-3,5,17H,4H2,1H3,(H,19,20)/p-1. The second-order valence-electron chi connectivity index (χ2n) is 3.97. The molecule has 1 heterocycles. The molecule has 0 amide bonds. The Balaban J connectivity index is 2.28. The van der Waals surface area contributed by atoms with Gasteiger partial charge < -0.3 is 15.3 Å². The van der Waals surface area contributed by atoms with Gasteiger partial charge in [0, 0.05) is 5.56 Å². The van der Waals surface area contributed by atoms with E-state index in [1.165, 1.54) is 6.92 Å². The quantitative estimate of drug-likeness (QED) is 0.840. The van der Waals surface area contributed by atoms with Crippen LogP contribution in [-0.2, 0) is 6.54 Å². The minimum Gasteiger partial charge on any atom is -0.543 e. The number of halogens is 3. The molecular weight excluding hydrogens is 275 g/mol. The van der Waals surface area contributed by atoms with Gasteiger partial charge in [-0.3, -0.25) is 0 Å². The summed E-state index contributed by atoms with van der Waals surface area (Å²) in [5, 5.41) is 10.8. The van der Waals surface area contributed by atoms with Crippen molar-refractivity contribution in [1.29, 1.82) is 0 Å². The summed E-state index contributed by atoms with van der Waals surface area (Å²) in [7, 11) is 0. The smallest absolute Gasteiger partial charge is 0.166 e. The molecule has 5 nitrogen and oxygen atoms in total. The normalized spacial score (nSPS) is 10.6. The maximum atomic E-state index is 13.4. The number of nitrogens with zero attached hydrogens (tertiary/aromatic N) is 2. The maximum Gasteiger partial charge on any atom is 0.166 e. The van der Waals surface area contributed by atoms with Gasteiger partial charge in [-0.15, -0.1) is 0 Å². The monoisotopic (exact) mass is 284 g/mol. The van der Waals surface area contributed by atoms with E-state index >= 15 is 0 Å². The highest BCUT2D eigenvalue weighted by Crippen LogP contribution is 2.16. The van der Waals surface area contributed by atoms with Crippen molar-refractivity contribution in [2.75, 3.05) is 5.43 Å². The van der Waals surface area contributed by atoms with Crippen LogP contribution in [0.5, 0.6) is 0 Å².